The first-order chi connectivity index (χ1) is 7.47. The van der Waals surface area contributed by atoms with E-state index in [2.05, 4.69) is 11.9 Å². The Balaban J connectivity index is 3.80. The third-order valence-electron chi connectivity index (χ3n) is 2.71. The van der Waals surface area contributed by atoms with Gasteiger partial charge in [-0.1, -0.05) is 6.58 Å². The van der Waals surface area contributed by atoms with E-state index < -0.39 is 8.56 Å². The highest BCUT2D eigenvalue weighted by atomic mass is 28.4. The monoisotopic (exact) mass is 245 g/mol. The lowest BCUT2D eigenvalue weighted by Crippen LogP contribution is -2.37. The van der Waals surface area contributed by atoms with E-state index in [0.717, 1.165) is 18.9 Å². The van der Waals surface area contributed by atoms with Crippen molar-refractivity contribution >= 4 is 14.5 Å². The number of rotatable bonds is 8. The van der Waals surface area contributed by atoms with E-state index in [1.54, 1.807) is 14.2 Å². The Bertz CT molecular complexity index is 229. The molecule has 0 bridgehead atoms. The number of carbonyl (C=O) groups is 1. The zero-order valence-electron chi connectivity index (χ0n) is 10.7. The van der Waals surface area contributed by atoms with Gasteiger partial charge in [-0.05, 0) is 38.4 Å². The first kappa shape index (κ1) is 15.3. The van der Waals surface area contributed by atoms with Crippen molar-refractivity contribution < 1.29 is 13.6 Å². The lowest BCUT2D eigenvalue weighted by Gasteiger charge is -2.23. The Kier molecular flexibility index (Phi) is 7.28. The quantitative estimate of drug-likeness (QED) is 0.524. The number of amides is 1. The minimum atomic E-state index is -1.95. The first-order valence-electron chi connectivity index (χ1n) is 5.50. The van der Waals surface area contributed by atoms with Crippen LogP contribution in [0.1, 0.15) is 19.8 Å². The third kappa shape index (κ3) is 6.04. The van der Waals surface area contributed by atoms with Gasteiger partial charge < -0.3 is 14.2 Å². The second-order valence-corrected chi connectivity index (χ2v) is 7.63. The van der Waals surface area contributed by atoms with Crippen molar-refractivity contribution in [2.24, 2.45) is 0 Å². The molecular formula is C11H23NO3Si. The van der Waals surface area contributed by atoms with Gasteiger partial charge in [0, 0.05) is 20.3 Å². The molecule has 0 heterocycles. The van der Waals surface area contributed by atoms with Crippen LogP contribution in [-0.2, 0) is 13.6 Å². The summed E-state index contributed by atoms with van der Waals surface area (Å²) in [5, 5.41) is 2.83. The molecular weight excluding hydrogens is 222 g/mol. The topological polar surface area (TPSA) is 47.6 Å². The summed E-state index contributed by atoms with van der Waals surface area (Å²) in [4.78, 5) is 11.0. The zero-order chi connectivity index (χ0) is 12.6. The minimum Gasteiger partial charge on any atom is -0.398 e. The summed E-state index contributed by atoms with van der Waals surface area (Å²) in [6, 6.07) is 1.10. The Labute approximate surface area is 99.3 Å². The molecule has 1 atom stereocenters. The molecule has 0 aliphatic rings. The smallest absolute Gasteiger partial charge is 0.334 e. The van der Waals surface area contributed by atoms with Gasteiger partial charge in [-0.15, -0.1) is 0 Å². The molecule has 0 aliphatic heterocycles. The molecule has 0 aromatic rings. The summed E-state index contributed by atoms with van der Waals surface area (Å²) in [6.07, 6.45) is 3.21. The van der Waals surface area contributed by atoms with Crippen LogP contribution >= 0.6 is 0 Å². The van der Waals surface area contributed by atoms with E-state index >= 15 is 0 Å². The maximum atomic E-state index is 11.0. The number of carbonyl (C=O) groups excluding carboxylic acids is 1. The van der Waals surface area contributed by atoms with Gasteiger partial charge in [-0.2, -0.15) is 0 Å². The first-order valence-corrected chi connectivity index (χ1v) is 8.03. The van der Waals surface area contributed by atoms with Gasteiger partial charge in [0.1, 0.15) is 0 Å². The molecule has 0 radical (unpaired) electrons. The van der Waals surface area contributed by atoms with E-state index in [4.69, 9.17) is 8.85 Å². The molecule has 0 aliphatic carbocycles. The Morgan fingerprint density at radius 3 is 2.50 bits per heavy atom. The van der Waals surface area contributed by atoms with Crippen molar-refractivity contribution in [3.05, 3.63) is 12.7 Å². The Hall–Kier alpha value is -0.653. The maximum absolute atomic E-state index is 11.0. The predicted octanol–water partition coefficient (Wildman–Crippen LogP) is 1.82. The number of nitrogens with one attached hydrogen (secondary N) is 1. The molecule has 0 aromatic carbocycles. The van der Waals surface area contributed by atoms with Crippen LogP contribution in [0.4, 0.5) is 0 Å². The summed E-state index contributed by atoms with van der Waals surface area (Å²) >= 11 is 0. The molecule has 0 spiro atoms. The van der Waals surface area contributed by atoms with Crippen LogP contribution in [0, 0.1) is 0 Å². The average Bonchev–Trinajstić information content (AvgIpc) is 2.28. The van der Waals surface area contributed by atoms with Crippen molar-refractivity contribution in [2.45, 2.75) is 38.4 Å². The largest absolute Gasteiger partial charge is 0.398 e. The highest BCUT2D eigenvalue weighted by Gasteiger charge is 2.27. The van der Waals surface area contributed by atoms with Gasteiger partial charge in [-0.3, -0.25) is 4.79 Å². The Morgan fingerprint density at radius 1 is 1.50 bits per heavy atom. The lowest BCUT2D eigenvalue weighted by atomic mass is 10.2. The average molecular weight is 245 g/mol. The lowest BCUT2D eigenvalue weighted by molar-refractivity contribution is -0.117. The Morgan fingerprint density at radius 2 is 2.06 bits per heavy atom. The van der Waals surface area contributed by atoms with E-state index in [1.807, 2.05) is 13.5 Å². The van der Waals surface area contributed by atoms with Crippen LogP contribution in [-0.4, -0.2) is 34.7 Å². The fourth-order valence-electron chi connectivity index (χ4n) is 1.39. The van der Waals surface area contributed by atoms with Crippen LogP contribution < -0.4 is 5.32 Å². The minimum absolute atomic E-state index is 0.119. The molecule has 16 heavy (non-hydrogen) atoms. The summed E-state index contributed by atoms with van der Waals surface area (Å²) in [6.45, 7) is 7.44. The van der Waals surface area contributed by atoms with E-state index in [0.29, 0.717) is 0 Å². The van der Waals surface area contributed by atoms with Crippen LogP contribution in [0.2, 0.25) is 12.6 Å². The normalized spacial score (nSPS) is 13.2. The summed E-state index contributed by atoms with van der Waals surface area (Å²) < 4.78 is 10.8. The second-order valence-electron chi connectivity index (χ2n) is 4.05. The second kappa shape index (κ2) is 7.59. The highest BCUT2D eigenvalue weighted by molar-refractivity contribution is 6.65. The van der Waals surface area contributed by atoms with Crippen LogP contribution in [0.15, 0.2) is 12.7 Å². The summed E-state index contributed by atoms with van der Waals surface area (Å²) in [7, 11) is 1.44. The molecule has 5 heteroatoms. The van der Waals surface area contributed by atoms with Gasteiger partial charge in [-0.25, -0.2) is 0 Å². The van der Waals surface area contributed by atoms with E-state index in [-0.39, 0.29) is 11.9 Å². The van der Waals surface area contributed by atoms with Crippen LogP contribution in [0.3, 0.4) is 0 Å². The van der Waals surface area contributed by atoms with Crippen molar-refractivity contribution in [1.82, 2.24) is 5.32 Å². The predicted molar refractivity (Wildman–Crippen MR) is 67.5 cm³/mol. The molecule has 0 aromatic heterocycles. The molecule has 0 rings (SSSR count). The van der Waals surface area contributed by atoms with Gasteiger partial charge in [0.2, 0.25) is 5.91 Å². The maximum Gasteiger partial charge on any atom is 0.334 e. The van der Waals surface area contributed by atoms with Crippen molar-refractivity contribution in [1.29, 1.82) is 0 Å². The van der Waals surface area contributed by atoms with Crippen molar-refractivity contribution in [3.63, 3.8) is 0 Å². The van der Waals surface area contributed by atoms with Gasteiger partial charge in [0.15, 0.2) is 0 Å². The molecule has 0 fully saturated rings. The van der Waals surface area contributed by atoms with Gasteiger partial charge >= 0.3 is 8.56 Å². The van der Waals surface area contributed by atoms with Crippen molar-refractivity contribution in [2.75, 3.05) is 14.2 Å². The summed E-state index contributed by atoms with van der Waals surface area (Å²) in [5.41, 5.74) is 0. The van der Waals surface area contributed by atoms with E-state index in [9.17, 15) is 4.79 Å². The number of hydrogen-bond donors (Lipinski definition) is 1. The molecule has 4 nitrogen and oxygen atoms in total. The summed E-state index contributed by atoms with van der Waals surface area (Å²) in [5.74, 6) is -0.119. The molecule has 1 N–H and O–H groups in total. The number of hydrogen-bond acceptors (Lipinski definition) is 3. The van der Waals surface area contributed by atoms with Gasteiger partial charge in [0.25, 0.3) is 0 Å². The van der Waals surface area contributed by atoms with Crippen LogP contribution in [0.5, 0.6) is 0 Å². The standard InChI is InChI=1S/C11H23NO3Si/c1-6-11(13)12-10(2)8-7-9-16(5,14-3)15-4/h6,10H,1,7-9H2,2-5H3,(H,12,13). The fraction of sp³-hybridized carbons (Fsp3) is 0.727. The SMILES string of the molecule is C=CC(=O)NC(C)CCC[Si](C)(OC)OC. The fourth-order valence-corrected chi connectivity index (χ4v) is 2.81. The zero-order valence-corrected chi connectivity index (χ0v) is 11.7. The van der Waals surface area contributed by atoms with Crippen molar-refractivity contribution in [3.8, 4) is 0 Å². The highest BCUT2D eigenvalue weighted by Crippen LogP contribution is 2.15. The third-order valence-corrected chi connectivity index (χ3v) is 5.69. The van der Waals surface area contributed by atoms with Crippen LogP contribution in [0.25, 0.3) is 0 Å². The van der Waals surface area contributed by atoms with Gasteiger partial charge in [0.05, 0.1) is 0 Å². The molecule has 1 unspecified atom stereocenters. The molecule has 1 amide bonds. The molecule has 0 saturated heterocycles. The molecule has 94 valence electrons. The van der Waals surface area contributed by atoms with E-state index in [1.165, 1.54) is 6.08 Å². The molecule has 0 saturated carbocycles.